The third-order valence-corrected chi connectivity index (χ3v) is 5.29. The summed E-state index contributed by atoms with van der Waals surface area (Å²) < 4.78 is 0. The molecule has 3 nitrogen and oxygen atoms in total. The Balaban J connectivity index is 1.74. The third-order valence-electron chi connectivity index (χ3n) is 4.38. The van der Waals surface area contributed by atoms with Gasteiger partial charge in [-0.2, -0.15) is 0 Å². The molecule has 110 valence electrons. The van der Waals surface area contributed by atoms with Crippen LogP contribution >= 0.6 is 11.3 Å². The highest BCUT2D eigenvalue weighted by Crippen LogP contribution is 2.38. The Morgan fingerprint density at radius 1 is 1.14 bits per heavy atom. The van der Waals surface area contributed by atoms with Gasteiger partial charge in [0.1, 0.15) is 5.01 Å². The fourth-order valence-corrected chi connectivity index (χ4v) is 3.72. The quantitative estimate of drug-likeness (QED) is 0.746. The van der Waals surface area contributed by atoms with Crippen molar-refractivity contribution in [3.63, 3.8) is 0 Å². The van der Waals surface area contributed by atoms with Gasteiger partial charge in [-0.1, -0.05) is 24.6 Å². The standard InChI is InChI=1S/C18H15NO2S/c20-18(21)14-7-5-11-4-6-13(8-15(11)9-14)17-19-16(10-22-17)12-2-1-3-12/h4-10,12H,1-3H2,(H,20,21). The minimum atomic E-state index is -0.895. The van der Waals surface area contributed by atoms with Gasteiger partial charge in [0.25, 0.3) is 0 Å². The van der Waals surface area contributed by atoms with E-state index in [1.54, 1.807) is 23.5 Å². The molecule has 0 aliphatic heterocycles. The molecule has 1 N–H and O–H groups in total. The van der Waals surface area contributed by atoms with Crippen molar-refractivity contribution < 1.29 is 9.90 Å². The average Bonchev–Trinajstić information content (AvgIpc) is 2.93. The number of hydrogen-bond donors (Lipinski definition) is 1. The van der Waals surface area contributed by atoms with Crippen LogP contribution in [0.2, 0.25) is 0 Å². The maximum atomic E-state index is 11.1. The Kier molecular flexibility index (Phi) is 3.19. The molecular weight excluding hydrogens is 294 g/mol. The largest absolute Gasteiger partial charge is 0.478 e. The summed E-state index contributed by atoms with van der Waals surface area (Å²) in [4.78, 5) is 15.9. The highest BCUT2D eigenvalue weighted by Gasteiger charge is 2.22. The van der Waals surface area contributed by atoms with Crippen molar-refractivity contribution in [2.75, 3.05) is 0 Å². The first-order valence-corrected chi connectivity index (χ1v) is 8.31. The molecular formula is C18H15NO2S. The molecule has 0 unspecified atom stereocenters. The average molecular weight is 309 g/mol. The van der Waals surface area contributed by atoms with Gasteiger partial charge in [-0.3, -0.25) is 0 Å². The Morgan fingerprint density at radius 3 is 2.68 bits per heavy atom. The van der Waals surface area contributed by atoms with E-state index in [4.69, 9.17) is 10.1 Å². The van der Waals surface area contributed by atoms with E-state index in [2.05, 4.69) is 11.4 Å². The van der Waals surface area contributed by atoms with Crippen LogP contribution in [0.3, 0.4) is 0 Å². The number of nitrogens with zero attached hydrogens (tertiary/aromatic N) is 1. The number of hydrogen-bond acceptors (Lipinski definition) is 3. The van der Waals surface area contributed by atoms with E-state index in [-0.39, 0.29) is 0 Å². The van der Waals surface area contributed by atoms with Crippen molar-refractivity contribution in [1.82, 2.24) is 4.98 Å². The van der Waals surface area contributed by atoms with Crippen molar-refractivity contribution in [3.05, 3.63) is 53.0 Å². The van der Waals surface area contributed by atoms with Crippen LogP contribution in [0.5, 0.6) is 0 Å². The molecule has 4 heteroatoms. The third kappa shape index (κ3) is 2.29. The van der Waals surface area contributed by atoms with Crippen LogP contribution in [0.1, 0.15) is 41.2 Å². The van der Waals surface area contributed by atoms with Gasteiger partial charge in [0.15, 0.2) is 0 Å². The van der Waals surface area contributed by atoms with Crippen LogP contribution in [-0.2, 0) is 0 Å². The van der Waals surface area contributed by atoms with Crippen LogP contribution in [0.25, 0.3) is 21.3 Å². The number of carbonyl (C=O) groups is 1. The summed E-state index contributed by atoms with van der Waals surface area (Å²) in [6.07, 6.45) is 3.82. The van der Waals surface area contributed by atoms with Gasteiger partial charge in [-0.05, 0) is 41.8 Å². The molecule has 1 aliphatic carbocycles. The number of aromatic carboxylic acids is 1. The zero-order valence-corrected chi connectivity index (χ0v) is 12.8. The number of carboxylic acid groups (broad SMARTS) is 1. The van der Waals surface area contributed by atoms with E-state index in [1.807, 2.05) is 18.2 Å². The Hall–Kier alpha value is -2.20. The normalized spacial score (nSPS) is 14.9. The van der Waals surface area contributed by atoms with Crippen molar-refractivity contribution in [1.29, 1.82) is 0 Å². The summed E-state index contributed by atoms with van der Waals surface area (Å²) in [7, 11) is 0. The molecule has 0 spiro atoms. The van der Waals surface area contributed by atoms with Crippen LogP contribution in [0, 0.1) is 0 Å². The lowest BCUT2D eigenvalue weighted by molar-refractivity contribution is 0.0697. The van der Waals surface area contributed by atoms with E-state index in [0.29, 0.717) is 11.5 Å². The summed E-state index contributed by atoms with van der Waals surface area (Å²) in [6.45, 7) is 0. The van der Waals surface area contributed by atoms with E-state index >= 15 is 0 Å². The lowest BCUT2D eigenvalue weighted by Gasteiger charge is -2.22. The lowest BCUT2D eigenvalue weighted by atomic mass is 9.83. The predicted molar refractivity (Wildman–Crippen MR) is 88.6 cm³/mol. The second-order valence-corrected chi connectivity index (χ2v) is 6.65. The maximum absolute atomic E-state index is 11.1. The van der Waals surface area contributed by atoms with E-state index in [9.17, 15) is 4.79 Å². The van der Waals surface area contributed by atoms with Crippen molar-refractivity contribution in [2.24, 2.45) is 0 Å². The van der Waals surface area contributed by atoms with Gasteiger partial charge >= 0.3 is 5.97 Å². The molecule has 4 rings (SSSR count). The topological polar surface area (TPSA) is 50.2 Å². The molecule has 1 heterocycles. The van der Waals surface area contributed by atoms with Crippen LogP contribution < -0.4 is 0 Å². The SMILES string of the molecule is O=C(O)c1ccc2ccc(-c3nc(C4CCC4)cs3)cc2c1. The molecule has 0 radical (unpaired) electrons. The summed E-state index contributed by atoms with van der Waals surface area (Å²) in [5.74, 6) is -0.252. The molecule has 0 amide bonds. The molecule has 1 aliphatic rings. The molecule has 0 bridgehead atoms. The fourth-order valence-electron chi connectivity index (χ4n) is 2.82. The second-order valence-electron chi connectivity index (χ2n) is 5.79. The highest BCUT2D eigenvalue weighted by atomic mass is 32.1. The summed E-state index contributed by atoms with van der Waals surface area (Å²) >= 11 is 1.67. The minimum absolute atomic E-state index is 0.318. The van der Waals surface area contributed by atoms with Crippen molar-refractivity contribution in [2.45, 2.75) is 25.2 Å². The van der Waals surface area contributed by atoms with E-state index < -0.39 is 5.97 Å². The van der Waals surface area contributed by atoms with Crippen LogP contribution in [0.15, 0.2) is 41.8 Å². The number of carboxylic acids is 1. The van der Waals surface area contributed by atoms with E-state index in [0.717, 1.165) is 21.3 Å². The molecule has 0 saturated heterocycles. The lowest BCUT2D eigenvalue weighted by Crippen LogP contribution is -2.08. The van der Waals surface area contributed by atoms with Crippen molar-refractivity contribution in [3.8, 4) is 10.6 Å². The molecule has 1 aromatic heterocycles. The second kappa shape index (κ2) is 5.21. The Bertz CT molecular complexity index is 864. The number of aromatic nitrogens is 1. The summed E-state index contributed by atoms with van der Waals surface area (Å²) in [5.41, 5.74) is 2.59. The minimum Gasteiger partial charge on any atom is -0.478 e. The number of fused-ring (bicyclic) bond motifs is 1. The number of rotatable bonds is 3. The first-order valence-electron chi connectivity index (χ1n) is 7.43. The number of benzene rings is 2. The molecule has 3 aromatic rings. The van der Waals surface area contributed by atoms with Crippen LogP contribution in [0.4, 0.5) is 0 Å². The van der Waals surface area contributed by atoms with Crippen molar-refractivity contribution >= 4 is 28.1 Å². The monoisotopic (exact) mass is 309 g/mol. The zero-order chi connectivity index (χ0) is 15.1. The Morgan fingerprint density at radius 2 is 1.95 bits per heavy atom. The van der Waals surface area contributed by atoms with Gasteiger partial charge in [0, 0.05) is 16.9 Å². The highest BCUT2D eigenvalue weighted by molar-refractivity contribution is 7.13. The summed E-state index contributed by atoms with van der Waals surface area (Å²) in [5, 5.41) is 14.3. The zero-order valence-electron chi connectivity index (χ0n) is 12.0. The molecule has 0 atom stereocenters. The number of thiazole rings is 1. The van der Waals surface area contributed by atoms with Gasteiger partial charge in [0.05, 0.1) is 11.3 Å². The first kappa shape index (κ1) is 13.5. The first-order chi connectivity index (χ1) is 10.7. The molecule has 2 aromatic carbocycles. The van der Waals surface area contributed by atoms with Gasteiger partial charge in [0.2, 0.25) is 0 Å². The molecule has 1 saturated carbocycles. The smallest absolute Gasteiger partial charge is 0.335 e. The predicted octanol–water partition coefficient (Wildman–Crippen LogP) is 4.93. The van der Waals surface area contributed by atoms with E-state index in [1.165, 1.54) is 25.0 Å². The molecule has 22 heavy (non-hydrogen) atoms. The van der Waals surface area contributed by atoms with Gasteiger partial charge in [-0.25, -0.2) is 9.78 Å². The fraction of sp³-hybridized carbons (Fsp3) is 0.222. The Labute approximate surface area is 132 Å². The van der Waals surface area contributed by atoms with Gasteiger partial charge in [-0.15, -0.1) is 11.3 Å². The maximum Gasteiger partial charge on any atom is 0.335 e. The summed E-state index contributed by atoms with van der Waals surface area (Å²) in [6, 6.07) is 11.3. The van der Waals surface area contributed by atoms with Crippen LogP contribution in [-0.4, -0.2) is 16.1 Å². The van der Waals surface area contributed by atoms with Gasteiger partial charge < -0.3 is 5.11 Å². The molecule has 1 fully saturated rings.